The lowest BCUT2D eigenvalue weighted by atomic mass is 9.76. The molecule has 11 nitrogen and oxygen atoms in total. The molecule has 2 aliphatic rings. The van der Waals surface area contributed by atoms with E-state index in [4.69, 9.17) is 0 Å². The van der Waals surface area contributed by atoms with Crippen LogP contribution in [0.25, 0.3) is 21.7 Å². The van der Waals surface area contributed by atoms with Crippen molar-refractivity contribution in [3.05, 3.63) is 120 Å². The van der Waals surface area contributed by atoms with E-state index < -0.39 is 39.8 Å². The highest BCUT2D eigenvalue weighted by Gasteiger charge is 2.43. The second kappa shape index (κ2) is 8.58. The van der Waals surface area contributed by atoms with Crippen LogP contribution in [-0.2, 0) is 0 Å². The maximum atomic E-state index is 13.9. The first-order chi connectivity index (χ1) is 20.1. The molecule has 0 atom stereocenters. The average molecular weight is 559 g/mol. The number of anilines is 1. The van der Waals surface area contributed by atoms with Crippen molar-refractivity contribution in [1.82, 2.24) is 9.97 Å². The molecule has 4 aromatic carbocycles. The Kier molecular flexibility index (Phi) is 5.14. The van der Waals surface area contributed by atoms with E-state index in [0.717, 1.165) is 4.90 Å². The third-order valence-corrected chi connectivity index (χ3v) is 7.99. The molecule has 204 valence electrons. The molecule has 1 aliphatic heterocycles. The zero-order valence-corrected chi connectivity index (χ0v) is 22.1. The summed E-state index contributed by atoms with van der Waals surface area (Å²) in [4.78, 5) is 86.9. The maximum Gasteiger partial charge on any atom is 0.273 e. The number of nitrogens with one attached hydrogen (secondary N) is 1. The number of para-hydroxylation sites is 1. The normalized spacial score (nSPS) is 14.8. The number of carbonyl (C=O) groups is 4. The van der Waals surface area contributed by atoms with E-state index >= 15 is 0 Å². The lowest BCUT2D eigenvalue weighted by Gasteiger charge is -2.30. The first-order valence-corrected chi connectivity index (χ1v) is 12.9. The number of amides is 2. The minimum atomic E-state index is -1.50. The number of nitro benzene ring substituents is 1. The SMILES string of the molecule is Cc1cc([N+](=O)[O-])c(C)c2c(=O)[nH]c(C3C(=O)c4ccc5c6c(ccc(c46)C3=O)C(=O)N(c3ccccc3)C5=O)nc12. The highest BCUT2D eigenvalue weighted by Crippen LogP contribution is 2.42. The number of aryl methyl sites for hydroxylation is 2. The lowest BCUT2D eigenvalue weighted by Crippen LogP contribution is -2.41. The Morgan fingerprint density at radius 1 is 0.786 bits per heavy atom. The van der Waals surface area contributed by atoms with Crippen LogP contribution >= 0.6 is 0 Å². The largest absolute Gasteiger partial charge is 0.309 e. The molecule has 0 saturated heterocycles. The molecule has 2 heterocycles. The smallest absolute Gasteiger partial charge is 0.273 e. The van der Waals surface area contributed by atoms with Crippen molar-refractivity contribution < 1.29 is 24.1 Å². The Morgan fingerprint density at radius 3 is 1.90 bits per heavy atom. The van der Waals surface area contributed by atoms with Gasteiger partial charge in [-0.25, -0.2) is 9.88 Å². The van der Waals surface area contributed by atoms with E-state index in [1.807, 2.05) is 0 Å². The number of imide groups is 1. The summed E-state index contributed by atoms with van der Waals surface area (Å²) in [6.07, 6.45) is 0. The van der Waals surface area contributed by atoms with E-state index in [-0.39, 0.29) is 61.0 Å². The number of ketones is 2. The van der Waals surface area contributed by atoms with E-state index in [1.165, 1.54) is 37.3 Å². The fourth-order valence-corrected chi connectivity index (χ4v) is 6.05. The number of carbonyl (C=O) groups excluding carboxylic acids is 4. The van der Waals surface area contributed by atoms with Crippen LogP contribution in [0.5, 0.6) is 0 Å². The number of hydrogen-bond donors (Lipinski definition) is 1. The Morgan fingerprint density at radius 2 is 1.33 bits per heavy atom. The van der Waals surface area contributed by atoms with E-state index in [0.29, 0.717) is 11.3 Å². The quantitative estimate of drug-likeness (QED) is 0.146. The van der Waals surface area contributed by atoms with Crippen LogP contribution in [0.4, 0.5) is 11.4 Å². The van der Waals surface area contributed by atoms with Crippen molar-refractivity contribution >= 4 is 56.4 Å². The molecule has 0 spiro atoms. The molecule has 7 rings (SSSR count). The van der Waals surface area contributed by atoms with Crippen LogP contribution in [0, 0.1) is 24.0 Å². The van der Waals surface area contributed by atoms with Gasteiger partial charge in [-0.1, -0.05) is 18.2 Å². The van der Waals surface area contributed by atoms with Gasteiger partial charge in [0.15, 0.2) is 11.6 Å². The number of nitro groups is 1. The summed E-state index contributed by atoms with van der Waals surface area (Å²) < 4.78 is 0. The number of hydrogen-bond acceptors (Lipinski definition) is 8. The topological polar surface area (TPSA) is 160 Å². The fourth-order valence-electron chi connectivity index (χ4n) is 6.05. The van der Waals surface area contributed by atoms with Crippen LogP contribution in [0.3, 0.4) is 0 Å². The predicted molar refractivity (Wildman–Crippen MR) is 151 cm³/mol. The Hall–Kier alpha value is -5.84. The fraction of sp³-hybridized carbons (Fsp3) is 0.0968. The van der Waals surface area contributed by atoms with Crippen molar-refractivity contribution in [2.75, 3.05) is 4.90 Å². The van der Waals surface area contributed by atoms with Crippen LogP contribution < -0.4 is 10.5 Å². The summed E-state index contributed by atoms with van der Waals surface area (Å²) in [6.45, 7) is 2.99. The van der Waals surface area contributed by atoms with Crippen molar-refractivity contribution in [2.24, 2.45) is 0 Å². The van der Waals surface area contributed by atoms with E-state index in [2.05, 4.69) is 9.97 Å². The molecule has 1 aromatic heterocycles. The number of nitrogens with zero attached hydrogens (tertiary/aromatic N) is 3. The molecule has 0 unspecified atom stereocenters. The second-order valence-electron chi connectivity index (χ2n) is 10.3. The lowest BCUT2D eigenvalue weighted by molar-refractivity contribution is -0.385. The molecule has 0 bridgehead atoms. The molecule has 0 fully saturated rings. The van der Waals surface area contributed by atoms with Gasteiger partial charge in [-0.3, -0.25) is 34.1 Å². The highest BCUT2D eigenvalue weighted by atomic mass is 16.6. The minimum absolute atomic E-state index is 0.0000735. The molecular weight excluding hydrogens is 540 g/mol. The summed E-state index contributed by atoms with van der Waals surface area (Å²) in [5, 5.41) is 11.9. The first kappa shape index (κ1) is 25.1. The Bertz CT molecular complexity index is 2130. The van der Waals surface area contributed by atoms with Gasteiger partial charge in [0.25, 0.3) is 23.1 Å². The monoisotopic (exact) mass is 558 g/mol. The van der Waals surface area contributed by atoms with Gasteiger partial charge in [0, 0.05) is 44.7 Å². The van der Waals surface area contributed by atoms with Gasteiger partial charge < -0.3 is 4.98 Å². The standard InChI is InChI=1S/C31H18N4O7/c1-13-12-20(35(41)42)14(2)21-25(13)32-28(33-29(21)38)24-26(36)16-8-10-18-23-19(11-9-17(22(16)23)27(24)37)31(40)34(30(18)39)15-6-4-3-5-7-15/h3-12,24H,1-2H3,(H,32,33,38). The maximum absolute atomic E-state index is 13.9. The van der Waals surface area contributed by atoms with E-state index in [9.17, 15) is 34.1 Å². The molecule has 1 aliphatic carbocycles. The molecule has 2 amide bonds. The molecule has 0 radical (unpaired) electrons. The molecule has 1 N–H and O–H groups in total. The van der Waals surface area contributed by atoms with Gasteiger partial charge in [-0.2, -0.15) is 0 Å². The number of benzene rings is 4. The zero-order valence-electron chi connectivity index (χ0n) is 22.1. The van der Waals surface area contributed by atoms with Gasteiger partial charge in [-0.15, -0.1) is 0 Å². The zero-order chi connectivity index (χ0) is 29.6. The van der Waals surface area contributed by atoms with Gasteiger partial charge in [-0.05, 0) is 55.8 Å². The number of aromatic amines is 1. The van der Waals surface area contributed by atoms with Gasteiger partial charge >= 0.3 is 0 Å². The van der Waals surface area contributed by atoms with Gasteiger partial charge in [0.05, 0.1) is 21.5 Å². The van der Waals surface area contributed by atoms with E-state index in [1.54, 1.807) is 37.3 Å². The van der Waals surface area contributed by atoms with Crippen molar-refractivity contribution in [1.29, 1.82) is 0 Å². The molecule has 42 heavy (non-hydrogen) atoms. The van der Waals surface area contributed by atoms with Crippen molar-refractivity contribution in [2.45, 2.75) is 19.8 Å². The van der Waals surface area contributed by atoms with Gasteiger partial charge in [0.1, 0.15) is 11.7 Å². The average Bonchev–Trinajstić information content (AvgIpc) is 2.97. The van der Waals surface area contributed by atoms with Crippen LogP contribution in [0.1, 0.15) is 64.3 Å². The summed E-state index contributed by atoms with van der Waals surface area (Å²) in [6, 6.07) is 15.6. The first-order valence-electron chi connectivity index (χ1n) is 12.9. The number of H-pyrrole nitrogens is 1. The number of aromatic nitrogens is 2. The van der Waals surface area contributed by atoms with Crippen LogP contribution in [0.15, 0.2) is 65.5 Å². The Balaban J connectivity index is 1.41. The highest BCUT2D eigenvalue weighted by molar-refractivity contribution is 6.40. The summed E-state index contributed by atoms with van der Waals surface area (Å²) in [5.74, 6) is -4.16. The third-order valence-electron chi connectivity index (χ3n) is 7.99. The summed E-state index contributed by atoms with van der Waals surface area (Å²) >= 11 is 0. The van der Waals surface area contributed by atoms with Crippen LogP contribution in [0.2, 0.25) is 0 Å². The van der Waals surface area contributed by atoms with Crippen molar-refractivity contribution in [3.8, 4) is 0 Å². The number of fused-ring (bicyclic) bond motifs is 1. The molecule has 5 aromatic rings. The summed E-state index contributed by atoms with van der Waals surface area (Å²) in [7, 11) is 0. The predicted octanol–water partition coefficient (Wildman–Crippen LogP) is 4.56. The number of rotatable bonds is 3. The Labute approximate surface area is 235 Å². The molecular formula is C31H18N4O7. The second-order valence-corrected chi connectivity index (χ2v) is 10.3. The van der Waals surface area contributed by atoms with Gasteiger partial charge in [0.2, 0.25) is 0 Å². The summed E-state index contributed by atoms with van der Waals surface area (Å²) in [5.41, 5.74) is 0.617. The minimum Gasteiger partial charge on any atom is -0.309 e. The molecule has 0 saturated carbocycles. The number of Topliss-reactive ketones (excluding diaryl/α,β-unsaturated/α-hetero) is 2. The third kappa shape index (κ3) is 3.21. The molecule has 11 heteroatoms. The van der Waals surface area contributed by atoms with Crippen molar-refractivity contribution in [3.63, 3.8) is 0 Å². The van der Waals surface area contributed by atoms with Crippen LogP contribution in [-0.4, -0.2) is 38.3 Å².